The lowest BCUT2D eigenvalue weighted by Gasteiger charge is -2.10. The van der Waals surface area contributed by atoms with Gasteiger partial charge in [0.1, 0.15) is 0 Å². The molecular weight excluding hydrogens is 88.1 g/mol. The lowest BCUT2D eigenvalue weighted by molar-refractivity contribution is 0.248. The smallest absolute Gasteiger partial charge is 0.0362 e. The molecule has 0 rings (SSSR count). The van der Waals surface area contributed by atoms with Gasteiger partial charge in [0, 0.05) is 20.1 Å². The van der Waals surface area contributed by atoms with E-state index in [0.717, 1.165) is 0 Å². The molecule has 0 saturated carbocycles. The van der Waals surface area contributed by atoms with Crippen LogP contribution in [0.3, 0.4) is 0 Å². The molecule has 0 aliphatic heterocycles. The highest BCUT2D eigenvalue weighted by Crippen LogP contribution is 1.78. The summed E-state index contributed by atoms with van der Waals surface area (Å²) in [5.41, 5.74) is 4.11. The van der Waals surface area contributed by atoms with Crippen LogP contribution in [0.4, 0.5) is 0 Å². The lowest BCUT2D eigenvalue weighted by atomic mass is 10.4. The molecule has 2 nitrogen and oxygen atoms in total. The second-order valence-electron chi connectivity index (χ2n) is 2.06. The maximum Gasteiger partial charge on any atom is 0.0362 e. The van der Waals surface area contributed by atoms with E-state index in [1.807, 2.05) is 19.1 Å². The molecule has 0 aromatic heterocycles. The predicted molar refractivity (Wildman–Crippen MR) is 31.0 cm³/mol. The molecule has 0 spiro atoms. The van der Waals surface area contributed by atoms with Crippen molar-refractivity contribution in [1.29, 1.82) is 0 Å². The van der Waals surface area contributed by atoms with Gasteiger partial charge in [0.15, 0.2) is 0 Å². The zero-order valence-electron chi connectivity index (χ0n) is 5.47. The maximum atomic E-state index is 4.11. The molecule has 0 aromatic rings. The third-order valence-corrected chi connectivity index (χ3v) is 0.462. The average Bonchev–Trinajstić information content (AvgIpc) is 1.27. The highest BCUT2D eigenvalue weighted by atomic mass is 15.5. The highest BCUT2D eigenvalue weighted by molar-refractivity contribution is 4.42. The molecule has 0 saturated heterocycles. The van der Waals surface area contributed by atoms with Gasteiger partial charge in [-0.25, -0.2) is 5.01 Å². The van der Waals surface area contributed by atoms with E-state index in [9.17, 15) is 0 Å². The Balaban J connectivity index is 2.95. The normalized spacial score (nSPS) is 11.1. The van der Waals surface area contributed by atoms with E-state index in [2.05, 4.69) is 19.3 Å². The third-order valence-electron chi connectivity index (χ3n) is 0.462. The van der Waals surface area contributed by atoms with Crippen LogP contribution < -0.4 is 5.43 Å². The molecule has 0 N–H and O–H groups in total. The topological polar surface area (TPSA) is 17.3 Å². The van der Waals surface area contributed by atoms with Gasteiger partial charge in [-0.15, -0.1) is 0 Å². The van der Waals surface area contributed by atoms with E-state index in [-0.39, 0.29) is 0 Å². The first-order valence-corrected chi connectivity index (χ1v) is 2.51. The Labute approximate surface area is 45.5 Å². The van der Waals surface area contributed by atoms with Crippen LogP contribution in [-0.2, 0) is 0 Å². The minimum atomic E-state index is 0.426. The van der Waals surface area contributed by atoms with E-state index in [4.69, 9.17) is 0 Å². The molecule has 7 heavy (non-hydrogen) atoms. The van der Waals surface area contributed by atoms with Crippen molar-refractivity contribution in [3.8, 4) is 0 Å². The second-order valence-corrected chi connectivity index (χ2v) is 2.06. The van der Waals surface area contributed by atoms with Crippen molar-refractivity contribution < 1.29 is 0 Å². The summed E-state index contributed by atoms with van der Waals surface area (Å²) >= 11 is 0. The third kappa shape index (κ3) is 5.92. The summed E-state index contributed by atoms with van der Waals surface area (Å²) in [5.74, 6) is 0. The van der Waals surface area contributed by atoms with Crippen LogP contribution in [0, 0.1) is 0 Å². The molecule has 0 atom stereocenters. The van der Waals surface area contributed by atoms with Crippen molar-refractivity contribution in [2.75, 3.05) is 14.1 Å². The Morgan fingerprint density at radius 2 is 1.71 bits per heavy atom. The first-order valence-electron chi connectivity index (χ1n) is 2.51. The summed E-state index contributed by atoms with van der Waals surface area (Å²) in [4.78, 5) is 0. The molecule has 1 radical (unpaired) electrons. The first kappa shape index (κ1) is 6.92. The minimum Gasteiger partial charge on any atom is -0.233 e. The minimum absolute atomic E-state index is 0.426. The van der Waals surface area contributed by atoms with Crippen LogP contribution in [0.25, 0.3) is 0 Å². The molecule has 0 amide bonds. The van der Waals surface area contributed by atoms with Crippen LogP contribution >= 0.6 is 0 Å². The predicted octanol–water partition coefficient (Wildman–Crippen LogP) is 0.476. The van der Waals surface area contributed by atoms with Gasteiger partial charge in [-0.2, -0.15) is 5.43 Å². The molecule has 2 heteroatoms. The molecule has 43 valence electrons. The Morgan fingerprint density at radius 3 is 1.71 bits per heavy atom. The molecule has 0 fully saturated rings. The fraction of sp³-hybridized carbons (Fsp3) is 1.00. The summed E-state index contributed by atoms with van der Waals surface area (Å²) in [6.45, 7) is 4.11. The standard InChI is InChI=1S/C5H13N2/c1-5(2)6-7(3)4/h5H,1-4H3. The lowest BCUT2D eigenvalue weighted by Crippen LogP contribution is -2.28. The number of nitrogens with zero attached hydrogens (tertiary/aromatic N) is 2. The van der Waals surface area contributed by atoms with Crippen LogP contribution in [0.1, 0.15) is 13.8 Å². The van der Waals surface area contributed by atoms with Gasteiger partial charge in [-0.3, -0.25) is 0 Å². The van der Waals surface area contributed by atoms with Crippen molar-refractivity contribution in [2.45, 2.75) is 19.9 Å². The van der Waals surface area contributed by atoms with Crippen LogP contribution in [0.5, 0.6) is 0 Å². The van der Waals surface area contributed by atoms with Crippen molar-refractivity contribution >= 4 is 0 Å². The molecule has 0 aromatic carbocycles. The van der Waals surface area contributed by atoms with E-state index in [0.29, 0.717) is 6.04 Å². The Hall–Kier alpha value is -0.0800. The molecule has 0 bridgehead atoms. The van der Waals surface area contributed by atoms with Crippen molar-refractivity contribution in [1.82, 2.24) is 10.4 Å². The van der Waals surface area contributed by atoms with Gasteiger partial charge < -0.3 is 0 Å². The zero-order valence-corrected chi connectivity index (χ0v) is 5.47. The Bertz CT molecular complexity index is 35.3. The summed E-state index contributed by atoms with van der Waals surface area (Å²) in [6.07, 6.45) is 0. The van der Waals surface area contributed by atoms with Crippen LogP contribution in [0.2, 0.25) is 0 Å². The van der Waals surface area contributed by atoms with Gasteiger partial charge in [-0.05, 0) is 13.8 Å². The SMILES string of the molecule is CC(C)[N]N(C)C. The molecule has 0 unspecified atom stereocenters. The molecule has 0 heterocycles. The number of hydrogen-bond donors (Lipinski definition) is 0. The summed E-state index contributed by atoms with van der Waals surface area (Å²) < 4.78 is 0. The summed E-state index contributed by atoms with van der Waals surface area (Å²) in [5, 5.41) is 1.82. The van der Waals surface area contributed by atoms with Crippen LogP contribution in [-0.4, -0.2) is 25.1 Å². The van der Waals surface area contributed by atoms with Gasteiger partial charge in [0.05, 0.1) is 0 Å². The van der Waals surface area contributed by atoms with Crippen LogP contribution in [0.15, 0.2) is 0 Å². The van der Waals surface area contributed by atoms with Crippen molar-refractivity contribution in [2.24, 2.45) is 0 Å². The largest absolute Gasteiger partial charge is 0.233 e. The Morgan fingerprint density at radius 1 is 1.29 bits per heavy atom. The summed E-state index contributed by atoms with van der Waals surface area (Å²) in [6, 6.07) is 0.426. The first-order chi connectivity index (χ1) is 3.13. The number of hydrogen-bond acceptors (Lipinski definition) is 1. The summed E-state index contributed by atoms with van der Waals surface area (Å²) in [7, 11) is 3.86. The van der Waals surface area contributed by atoms with Gasteiger partial charge in [0.25, 0.3) is 0 Å². The molecule has 0 aliphatic rings. The average molecular weight is 101 g/mol. The highest BCUT2D eigenvalue weighted by Gasteiger charge is 1.92. The van der Waals surface area contributed by atoms with Gasteiger partial charge in [0.2, 0.25) is 0 Å². The van der Waals surface area contributed by atoms with Gasteiger partial charge in [-0.1, -0.05) is 0 Å². The fourth-order valence-electron chi connectivity index (χ4n) is 0.462. The second kappa shape index (κ2) is 2.99. The van der Waals surface area contributed by atoms with E-state index < -0.39 is 0 Å². The Kier molecular flexibility index (Phi) is 2.96. The van der Waals surface area contributed by atoms with Crippen molar-refractivity contribution in [3.05, 3.63) is 0 Å². The van der Waals surface area contributed by atoms with Crippen molar-refractivity contribution in [3.63, 3.8) is 0 Å². The van der Waals surface area contributed by atoms with E-state index in [1.54, 1.807) is 0 Å². The van der Waals surface area contributed by atoms with Gasteiger partial charge >= 0.3 is 0 Å². The quantitative estimate of drug-likeness (QED) is 0.462. The maximum absolute atomic E-state index is 4.11. The molecular formula is C5H13N2. The number of rotatable bonds is 2. The fourth-order valence-corrected chi connectivity index (χ4v) is 0.462. The molecule has 0 aliphatic carbocycles. The monoisotopic (exact) mass is 101 g/mol. The van der Waals surface area contributed by atoms with E-state index >= 15 is 0 Å². The zero-order chi connectivity index (χ0) is 5.86. The van der Waals surface area contributed by atoms with E-state index in [1.165, 1.54) is 0 Å².